The smallest absolute Gasteiger partial charge is 0.180 e. The Morgan fingerprint density at radius 1 is 1.15 bits per heavy atom. The molecule has 0 spiro atoms. The second-order valence-corrected chi connectivity index (χ2v) is 5.91. The van der Waals surface area contributed by atoms with Crippen molar-refractivity contribution in [3.63, 3.8) is 0 Å². The molecule has 8 heteroatoms. The Morgan fingerprint density at radius 2 is 1.96 bits per heavy atom. The molecule has 0 amide bonds. The van der Waals surface area contributed by atoms with Gasteiger partial charge in [-0.25, -0.2) is 9.97 Å². The summed E-state index contributed by atoms with van der Waals surface area (Å²) in [5, 5.41) is 12.4. The topological polar surface area (TPSA) is 84.2 Å². The Labute approximate surface area is 151 Å². The lowest BCUT2D eigenvalue weighted by atomic mass is 10.2. The summed E-state index contributed by atoms with van der Waals surface area (Å²) in [4.78, 5) is 10.9. The van der Waals surface area contributed by atoms with Crippen LogP contribution in [0.1, 0.15) is 0 Å². The number of fused-ring (bicyclic) bond motifs is 1. The van der Waals surface area contributed by atoms with Crippen LogP contribution in [0.5, 0.6) is 5.75 Å². The highest BCUT2D eigenvalue weighted by atomic mass is 16.5. The highest BCUT2D eigenvalue weighted by Gasteiger charge is 2.17. The fraction of sp³-hybridized carbons (Fsp3) is 0.333. The predicted molar refractivity (Wildman–Crippen MR) is 98.3 cm³/mol. The number of rotatable bonds is 6. The molecule has 2 aromatic heterocycles. The van der Waals surface area contributed by atoms with Crippen LogP contribution in [-0.4, -0.2) is 59.0 Å². The second-order valence-electron chi connectivity index (χ2n) is 5.91. The van der Waals surface area contributed by atoms with Crippen molar-refractivity contribution >= 4 is 22.8 Å². The molecule has 1 aliphatic rings. The molecule has 3 heterocycles. The van der Waals surface area contributed by atoms with Crippen molar-refractivity contribution < 1.29 is 14.6 Å². The lowest BCUT2D eigenvalue weighted by Gasteiger charge is -2.30. The Kier molecular flexibility index (Phi) is 4.85. The van der Waals surface area contributed by atoms with Crippen molar-refractivity contribution in [1.29, 1.82) is 0 Å². The molecule has 136 valence electrons. The summed E-state index contributed by atoms with van der Waals surface area (Å²) in [7, 11) is 0. The fourth-order valence-corrected chi connectivity index (χ4v) is 3.01. The zero-order valence-electron chi connectivity index (χ0n) is 14.3. The Balaban J connectivity index is 1.63. The number of aromatic nitrogens is 3. The molecule has 26 heavy (non-hydrogen) atoms. The number of benzene rings is 1. The minimum Gasteiger partial charge on any atom is -0.489 e. The molecule has 1 saturated heterocycles. The van der Waals surface area contributed by atoms with Crippen molar-refractivity contribution in [2.24, 2.45) is 0 Å². The van der Waals surface area contributed by atoms with E-state index in [4.69, 9.17) is 14.6 Å². The lowest BCUT2D eigenvalue weighted by Crippen LogP contribution is -2.36. The Morgan fingerprint density at radius 3 is 2.77 bits per heavy atom. The van der Waals surface area contributed by atoms with Crippen LogP contribution in [0, 0.1) is 0 Å². The Bertz CT molecular complexity index is 876. The number of hydrogen-bond donors (Lipinski definition) is 2. The van der Waals surface area contributed by atoms with Crippen LogP contribution in [0.4, 0.5) is 17.2 Å². The molecule has 2 N–H and O–H groups in total. The molecule has 8 nitrogen and oxygen atoms in total. The quantitative estimate of drug-likeness (QED) is 0.696. The van der Waals surface area contributed by atoms with E-state index in [2.05, 4.69) is 20.2 Å². The molecule has 0 radical (unpaired) electrons. The number of nitrogens with zero attached hydrogens (tertiary/aromatic N) is 4. The van der Waals surface area contributed by atoms with E-state index >= 15 is 0 Å². The van der Waals surface area contributed by atoms with Crippen molar-refractivity contribution in [2.45, 2.75) is 0 Å². The Hall–Kier alpha value is -2.84. The van der Waals surface area contributed by atoms with Crippen LogP contribution >= 0.6 is 0 Å². The van der Waals surface area contributed by atoms with Crippen LogP contribution in [0.2, 0.25) is 0 Å². The molecule has 3 aromatic rings. The van der Waals surface area contributed by atoms with E-state index in [9.17, 15) is 0 Å². The van der Waals surface area contributed by atoms with Crippen molar-refractivity contribution in [3.8, 4) is 5.75 Å². The first kappa shape index (κ1) is 16.6. The maximum absolute atomic E-state index is 9.13. The predicted octanol–water partition coefficient (Wildman–Crippen LogP) is 1.68. The average Bonchev–Trinajstić information content (AvgIpc) is 3.17. The highest BCUT2D eigenvalue weighted by Crippen LogP contribution is 2.33. The van der Waals surface area contributed by atoms with Gasteiger partial charge in [0.1, 0.15) is 12.4 Å². The summed E-state index contributed by atoms with van der Waals surface area (Å²) in [6.45, 7) is 3.24. The fourth-order valence-electron chi connectivity index (χ4n) is 3.01. The molecule has 0 aliphatic carbocycles. The third-order valence-electron chi connectivity index (χ3n) is 4.23. The number of imidazole rings is 1. The SMILES string of the molecule is OCCOc1cc(Nc2nccn3ccnc23)ccc1N1CCOCC1. The molecule has 0 unspecified atom stereocenters. The number of hydrogen-bond acceptors (Lipinski definition) is 7. The number of nitrogens with one attached hydrogen (secondary N) is 1. The molecular formula is C18H21N5O3. The maximum atomic E-state index is 9.13. The first-order valence-corrected chi connectivity index (χ1v) is 8.60. The summed E-state index contributed by atoms with van der Waals surface area (Å²) >= 11 is 0. The highest BCUT2D eigenvalue weighted by molar-refractivity contribution is 5.73. The summed E-state index contributed by atoms with van der Waals surface area (Å²) in [5.41, 5.74) is 2.60. The van der Waals surface area contributed by atoms with Crippen molar-refractivity contribution in [2.75, 3.05) is 49.7 Å². The lowest BCUT2D eigenvalue weighted by molar-refractivity contribution is 0.122. The number of ether oxygens (including phenoxy) is 2. The van der Waals surface area contributed by atoms with E-state index in [-0.39, 0.29) is 13.2 Å². The number of anilines is 3. The zero-order valence-corrected chi connectivity index (χ0v) is 14.3. The maximum Gasteiger partial charge on any atom is 0.180 e. The largest absolute Gasteiger partial charge is 0.489 e. The third-order valence-corrected chi connectivity index (χ3v) is 4.23. The van der Waals surface area contributed by atoms with Crippen LogP contribution in [-0.2, 0) is 4.74 Å². The van der Waals surface area contributed by atoms with Crippen LogP contribution in [0.25, 0.3) is 5.65 Å². The van der Waals surface area contributed by atoms with Gasteiger partial charge in [-0.05, 0) is 12.1 Å². The van der Waals surface area contributed by atoms with Gasteiger partial charge in [0.15, 0.2) is 11.5 Å². The first-order chi connectivity index (χ1) is 12.8. The van der Waals surface area contributed by atoms with Gasteiger partial charge in [0.05, 0.1) is 25.5 Å². The first-order valence-electron chi connectivity index (χ1n) is 8.60. The van der Waals surface area contributed by atoms with E-state index in [1.807, 2.05) is 35.0 Å². The molecule has 0 bridgehead atoms. The molecule has 1 aromatic carbocycles. The monoisotopic (exact) mass is 355 g/mol. The molecule has 0 atom stereocenters. The summed E-state index contributed by atoms with van der Waals surface area (Å²) < 4.78 is 13.1. The molecule has 0 saturated carbocycles. The van der Waals surface area contributed by atoms with Gasteiger partial charge in [-0.3, -0.25) is 0 Å². The number of aliphatic hydroxyl groups is 1. The van der Waals surface area contributed by atoms with Gasteiger partial charge in [-0.1, -0.05) is 0 Å². The molecule has 1 fully saturated rings. The van der Waals surface area contributed by atoms with E-state index in [1.54, 1.807) is 12.4 Å². The van der Waals surface area contributed by atoms with Crippen molar-refractivity contribution in [1.82, 2.24) is 14.4 Å². The van der Waals surface area contributed by atoms with E-state index in [0.29, 0.717) is 19.0 Å². The van der Waals surface area contributed by atoms with Gasteiger partial charge in [0.2, 0.25) is 0 Å². The molecule has 4 rings (SSSR count). The second kappa shape index (κ2) is 7.59. The van der Waals surface area contributed by atoms with E-state index in [1.165, 1.54) is 0 Å². The molecule has 1 aliphatic heterocycles. The molecular weight excluding hydrogens is 334 g/mol. The normalized spacial score (nSPS) is 14.6. The standard InChI is InChI=1S/C18H21N5O3/c24-9-12-26-16-13-14(1-2-15(16)22-7-10-25-11-8-22)21-17-18-20-4-6-23(18)5-3-19-17/h1-6,13,24H,7-12H2,(H,19,21). The van der Waals surface area contributed by atoms with Gasteiger partial charge in [0.25, 0.3) is 0 Å². The zero-order chi connectivity index (χ0) is 17.8. The van der Waals surface area contributed by atoms with Gasteiger partial charge in [-0.15, -0.1) is 0 Å². The van der Waals surface area contributed by atoms with Crippen LogP contribution in [0.3, 0.4) is 0 Å². The van der Waals surface area contributed by atoms with Crippen LogP contribution < -0.4 is 15.0 Å². The van der Waals surface area contributed by atoms with Crippen LogP contribution in [0.15, 0.2) is 43.0 Å². The minimum absolute atomic E-state index is 0.0326. The van der Waals surface area contributed by atoms with Gasteiger partial charge >= 0.3 is 0 Å². The van der Waals surface area contributed by atoms with Gasteiger partial charge in [0, 0.05) is 49.6 Å². The van der Waals surface area contributed by atoms with Gasteiger partial charge in [-0.2, -0.15) is 0 Å². The summed E-state index contributed by atoms with van der Waals surface area (Å²) in [6, 6.07) is 5.94. The van der Waals surface area contributed by atoms with E-state index in [0.717, 1.165) is 35.9 Å². The number of morpholine rings is 1. The summed E-state index contributed by atoms with van der Waals surface area (Å²) in [5.74, 6) is 1.39. The third kappa shape index (κ3) is 3.42. The minimum atomic E-state index is -0.0326. The number of aliphatic hydroxyl groups excluding tert-OH is 1. The van der Waals surface area contributed by atoms with Gasteiger partial charge < -0.3 is 29.2 Å². The average molecular weight is 355 g/mol. The van der Waals surface area contributed by atoms with Crippen molar-refractivity contribution in [3.05, 3.63) is 43.0 Å². The summed E-state index contributed by atoms with van der Waals surface area (Å²) in [6.07, 6.45) is 7.19. The van der Waals surface area contributed by atoms with E-state index < -0.39 is 0 Å².